The number of rotatable bonds is 4. The minimum atomic E-state index is 0.421. The van der Waals surface area contributed by atoms with Crippen molar-refractivity contribution in [3.63, 3.8) is 0 Å². The predicted molar refractivity (Wildman–Crippen MR) is 90.8 cm³/mol. The lowest BCUT2D eigenvalue weighted by atomic mass is 9.88. The van der Waals surface area contributed by atoms with Gasteiger partial charge in [0.1, 0.15) is 6.67 Å². The highest BCUT2D eigenvalue weighted by atomic mass is 15.4. The molecule has 2 rings (SSSR count). The van der Waals surface area contributed by atoms with E-state index in [0.29, 0.717) is 10.8 Å². The van der Waals surface area contributed by atoms with Gasteiger partial charge in [-0.25, -0.2) is 0 Å². The highest BCUT2D eigenvalue weighted by Crippen LogP contribution is 2.36. The van der Waals surface area contributed by atoms with Gasteiger partial charge in [0.2, 0.25) is 0 Å². The zero-order valence-corrected chi connectivity index (χ0v) is 15.2. The van der Waals surface area contributed by atoms with Gasteiger partial charge in [0.05, 0.1) is 0 Å². The number of hydrogen-bond donors (Lipinski definition) is 0. The number of nitrogens with zero attached hydrogens (tertiary/aromatic N) is 2. The highest BCUT2D eigenvalue weighted by Gasteiger charge is 2.42. The molecule has 0 aromatic heterocycles. The van der Waals surface area contributed by atoms with Gasteiger partial charge in [0.25, 0.3) is 0 Å². The summed E-state index contributed by atoms with van der Waals surface area (Å²) in [5.41, 5.74) is 0.843. The summed E-state index contributed by atoms with van der Waals surface area (Å²) in [7, 11) is 0. The first-order chi connectivity index (χ1) is 9.66. The average Bonchev–Trinajstić information content (AvgIpc) is 2.71. The number of hydrogen-bond acceptors (Lipinski definition) is 2. The topological polar surface area (TPSA) is 6.48 Å². The van der Waals surface area contributed by atoms with Gasteiger partial charge in [0.15, 0.2) is 0 Å². The molecule has 0 aromatic rings. The molecule has 2 aliphatic rings. The molecule has 1 saturated carbocycles. The molecule has 2 atom stereocenters. The van der Waals surface area contributed by atoms with E-state index in [2.05, 4.69) is 58.0 Å². The lowest BCUT2D eigenvalue weighted by Gasteiger charge is -2.33. The monoisotopic (exact) mass is 292 g/mol. The lowest BCUT2D eigenvalue weighted by Crippen LogP contribution is -2.41. The van der Waals surface area contributed by atoms with Crippen LogP contribution in [0.25, 0.3) is 0 Å². The van der Waals surface area contributed by atoms with Crippen LogP contribution in [0.4, 0.5) is 0 Å². The maximum atomic E-state index is 3.74. The summed E-state index contributed by atoms with van der Waals surface area (Å²) < 4.78 is 0. The molecular formula is C19H36N2. The van der Waals surface area contributed by atoms with Crippen molar-refractivity contribution >= 4 is 0 Å². The van der Waals surface area contributed by atoms with Crippen LogP contribution in [-0.2, 0) is 0 Å². The van der Waals surface area contributed by atoms with Crippen molar-refractivity contribution in [1.29, 1.82) is 0 Å². The summed E-state index contributed by atoms with van der Waals surface area (Å²) in [5, 5.41) is 0. The Balaban J connectivity index is 1.94. The Morgan fingerprint density at radius 1 is 0.762 bits per heavy atom. The summed E-state index contributed by atoms with van der Waals surface area (Å²) in [4.78, 5) is 5.11. The third-order valence-corrected chi connectivity index (χ3v) is 4.96. The third kappa shape index (κ3) is 5.25. The van der Waals surface area contributed by atoms with E-state index in [1.807, 2.05) is 0 Å². The van der Waals surface area contributed by atoms with Crippen LogP contribution in [-0.4, -0.2) is 35.0 Å². The van der Waals surface area contributed by atoms with Gasteiger partial charge in [0, 0.05) is 25.2 Å². The van der Waals surface area contributed by atoms with Crippen molar-refractivity contribution in [1.82, 2.24) is 9.80 Å². The Hall–Kier alpha value is -0.0800. The molecule has 2 radical (unpaired) electrons. The van der Waals surface area contributed by atoms with Crippen molar-refractivity contribution in [2.24, 2.45) is 10.8 Å². The molecule has 0 aromatic carbocycles. The van der Waals surface area contributed by atoms with Crippen LogP contribution in [0.15, 0.2) is 0 Å². The van der Waals surface area contributed by atoms with Crippen molar-refractivity contribution in [3.8, 4) is 0 Å². The number of fused-ring (bicyclic) bond motifs is 1. The van der Waals surface area contributed by atoms with E-state index < -0.39 is 0 Å². The van der Waals surface area contributed by atoms with Gasteiger partial charge in [-0.3, -0.25) is 9.80 Å². The second-order valence-electron chi connectivity index (χ2n) is 9.53. The molecule has 0 amide bonds. The molecule has 0 N–H and O–H groups in total. The fraction of sp³-hybridized carbons (Fsp3) is 0.947. The molecule has 122 valence electrons. The fourth-order valence-electron chi connectivity index (χ4n) is 3.48. The van der Waals surface area contributed by atoms with Crippen molar-refractivity contribution in [2.45, 2.75) is 92.2 Å². The van der Waals surface area contributed by atoms with Gasteiger partial charge in [-0.05, 0) is 36.5 Å². The Kier molecular flexibility index (Phi) is 5.41. The van der Waals surface area contributed by atoms with Crippen LogP contribution in [0.2, 0.25) is 0 Å². The first kappa shape index (κ1) is 17.3. The summed E-state index contributed by atoms with van der Waals surface area (Å²) in [6.07, 6.45) is 8.07. The van der Waals surface area contributed by atoms with Crippen LogP contribution in [0.1, 0.15) is 80.1 Å². The molecular weight excluding hydrogens is 256 g/mol. The standard InChI is InChI=1S/C19H36N2/c1-18(2,3)11-13-20-15-21(14-12-19(4,5)6)17-10-8-7-9-16(17)20/h16-17H,7-14H2,1-6H3/t16-,17-/m0/s1. The second kappa shape index (κ2) is 6.58. The van der Waals surface area contributed by atoms with Crippen LogP contribution in [0, 0.1) is 17.5 Å². The van der Waals surface area contributed by atoms with Crippen molar-refractivity contribution < 1.29 is 0 Å². The summed E-state index contributed by atoms with van der Waals surface area (Å²) >= 11 is 0. The third-order valence-electron chi connectivity index (χ3n) is 4.96. The van der Waals surface area contributed by atoms with Crippen LogP contribution in [0.5, 0.6) is 0 Å². The molecule has 2 heteroatoms. The molecule has 2 nitrogen and oxygen atoms in total. The van der Waals surface area contributed by atoms with Crippen LogP contribution in [0.3, 0.4) is 0 Å². The normalized spacial score (nSPS) is 28.9. The smallest absolute Gasteiger partial charge is 0.147 e. The van der Waals surface area contributed by atoms with Crippen molar-refractivity contribution in [2.75, 3.05) is 13.1 Å². The van der Waals surface area contributed by atoms with Gasteiger partial charge in [-0.1, -0.05) is 54.4 Å². The summed E-state index contributed by atoms with van der Waals surface area (Å²) in [6.45, 7) is 20.2. The molecule has 0 spiro atoms. The van der Waals surface area contributed by atoms with Crippen LogP contribution >= 0.6 is 0 Å². The lowest BCUT2D eigenvalue weighted by molar-refractivity contribution is 0.183. The molecule has 2 fully saturated rings. The summed E-state index contributed by atoms with van der Waals surface area (Å²) in [6, 6.07) is 1.47. The van der Waals surface area contributed by atoms with Crippen LogP contribution < -0.4 is 0 Å². The van der Waals surface area contributed by atoms with E-state index in [-0.39, 0.29) is 0 Å². The second-order valence-corrected chi connectivity index (χ2v) is 9.53. The Labute approximate surface area is 133 Å². The molecule has 21 heavy (non-hydrogen) atoms. The predicted octanol–water partition coefficient (Wildman–Crippen LogP) is 4.78. The van der Waals surface area contributed by atoms with E-state index in [0.717, 1.165) is 12.1 Å². The van der Waals surface area contributed by atoms with Gasteiger partial charge >= 0.3 is 0 Å². The Morgan fingerprint density at radius 3 is 1.48 bits per heavy atom. The zero-order valence-electron chi connectivity index (χ0n) is 15.2. The summed E-state index contributed by atoms with van der Waals surface area (Å²) in [5.74, 6) is 0. The van der Waals surface area contributed by atoms with E-state index in [1.54, 1.807) is 0 Å². The maximum Gasteiger partial charge on any atom is 0.147 e. The molecule has 0 unspecified atom stereocenters. The molecule has 1 aliphatic heterocycles. The molecule has 1 heterocycles. The Morgan fingerprint density at radius 2 is 1.14 bits per heavy atom. The largest absolute Gasteiger partial charge is 0.275 e. The first-order valence-electron chi connectivity index (χ1n) is 8.95. The quantitative estimate of drug-likeness (QED) is 0.735. The minimum absolute atomic E-state index is 0.421. The fourth-order valence-corrected chi connectivity index (χ4v) is 3.48. The zero-order chi connectivity index (χ0) is 15.7. The average molecular weight is 293 g/mol. The van der Waals surface area contributed by atoms with E-state index in [9.17, 15) is 0 Å². The van der Waals surface area contributed by atoms with Gasteiger partial charge in [-0.2, -0.15) is 0 Å². The highest BCUT2D eigenvalue weighted by molar-refractivity contribution is 5.00. The van der Waals surface area contributed by atoms with Crippen molar-refractivity contribution in [3.05, 3.63) is 6.67 Å². The minimum Gasteiger partial charge on any atom is -0.275 e. The van der Waals surface area contributed by atoms with Gasteiger partial charge in [-0.15, -0.1) is 0 Å². The SMILES string of the molecule is CC(C)(C)CCN1[C]N(CCC(C)(C)C)[C@H]2CCCC[C@@H]21. The first-order valence-corrected chi connectivity index (χ1v) is 8.95. The van der Waals surface area contributed by atoms with Gasteiger partial charge < -0.3 is 0 Å². The molecule has 0 bridgehead atoms. The van der Waals surface area contributed by atoms with E-state index in [1.165, 1.54) is 51.6 Å². The maximum absolute atomic E-state index is 3.74. The van der Waals surface area contributed by atoms with E-state index in [4.69, 9.17) is 0 Å². The molecule has 1 saturated heterocycles. The molecule has 1 aliphatic carbocycles. The Bertz CT molecular complexity index is 291. The van der Waals surface area contributed by atoms with E-state index >= 15 is 0 Å².